The third-order valence-electron chi connectivity index (χ3n) is 3.51. The first-order valence-electron chi connectivity index (χ1n) is 7.53. The predicted molar refractivity (Wildman–Crippen MR) is 101 cm³/mol. The van der Waals surface area contributed by atoms with Crippen molar-refractivity contribution in [1.82, 2.24) is 15.0 Å². The number of hydrogen-bond donors (Lipinski definition) is 2. The molecule has 3 aromatic rings. The fourth-order valence-electron chi connectivity index (χ4n) is 2.50. The van der Waals surface area contributed by atoms with Gasteiger partial charge in [0, 0.05) is 11.9 Å². The van der Waals surface area contributed by atoms with E-state index in [2.05, 4.69) is 25.6 Å². The van der Waals surface area contributed by atoms with Crippen LogP contribution in [0.25, 0.3) is 0 Å². The van der Waals surface area contributed by atoms with Gasteiger partial charge in [0.05, 0.1) is 6.20 Å². The molecule has 25 heavy (non-hydrogen) atoms. The van der Waals surface area contributed by atoms with Gasteiger partial charge in [-0.1, -0.05) is 29.0 Å². The lowest BCUT2D eigenvalue weighted by atomic mass is 10.1. The van der Waals surface area contributed by atoms with E-state index < -0.39 is 0 Å². The van der Waals surface area contributed by atoms with Crippen LogP contribution in [0.15, 0.2) is 30.6 Å². The van der Waals surface area contributed by atoms with Crippen molar-refractivity contribution in [3.8, 4) is 0 Å². The normalized spacial score (nSPS) is 10.6. The van der Waals surface area contributed by atoms with Crippen molar-refractivity contribution in [3.05, 3.63) is 57.4 Å². The fraction of sp³-hybridized carbons (Fsp3) is 0.176. The maximum atomic E-state index is 12.5. The van der Waals surface area contributed by atoms with Crippen molar-refractivity contribution in [2.24, 2.45) is 0 Å². The van der Waals surface area contributed by atoms with Crippen LogP contribution in [-0.2, 0) is 0 Å². The molecule has 1 aromatic carbocycles. The van der Waals surface area contributed by atoms with Crippen LogP contribution < -0.4 is 10.6 Å². The van der Waals surface area contributed by atoms with Gasteiger partial charge in [-0.15, -0.1) is 0 Å². The van der Waals surface area contributed by atoms with Gasteiger partial charge >= 0.3 is 0 Å². The average molecular weight is 374 g/mol. The highest BCUT2D eigenvalue weighted by Crippen LogP contribution is 2.26. The number of amides is 1. The molecule has 0 saturated heterocycles. The molecular formula is C17H16ClN5OS. The number of hydrogen-bond acceptors (Lipinski definition) is 6. The Labute approximate surface area is 154 Å². The van der Waals surface area contributed by atoms with Crippen LogP contribution in [-0.4, -0.2) is 20.9 Å². The highest BCUT2D eigenvalue weighted by molar-refractivity contribution is 7.17. The molecule has 2 N–H and O–H groups in total. The molecule has 2 aromatic heterocycles. The predicted octanol–water partition coefficient (Wildman–Crippen LogP) is 4.51. The van der Waals surface area contributed by atoms with E-state index in [0.717, 1.165) is 16.8 Å². The van der Waals surface area contributed by atoms with Gasteiger partial charge in [0.2, 0.25) is 5.28 Å². The Morgan fingerprint density at radius 3 is 2.56 bits per heavy atom. The van der Waals surface area contributed by atoms with Gasteiger partial charge in [-0.2, -0.15) is 0 Å². The smallest absolute Gasteiger partial charge is 0.267 e. The average Bonchev–Trinajstić information content (AvgIpc) is 2.99. The van der Waals surface area contributed by atoms with Crippen molar-refractivity contribution in [1.29, 1.82) is 0 Å². The fourth-order valence-corrected chi connectivity index (χ4v) is 3.37. The Hall–Kier alpha value is -2.51. The standard InChI is InChI=1S/C17H16ClN5OS/c1-9-6-10(2)14(11(3)7-9)23-15(24)12-8-20-17(25-12)22-13-4-5-19-16(18)21-13/h4-8H,1-3H3,(H,23,24)(H,19,20,21,22). The molecule has 2 heterocycles. The molecule has 0 saturated carbocycles. The van der Waals surface area contributed by atoms with E-state index in [1.54, 1.807) is 12.3 Å². The lowest BCUT2D eigenvalue weighted by Gasteiger charge is -2.12. The van der Waals surface area contributed by atoms with Gasteiger partial charge in [0.15, 0.2) is 5.13 Å². The van der Waals surface area contributed by atoms with Gasteiger partial charge < -0.3 is 10.6 Å². The lowest BCUT2D eigenvalue weighted by Crippen LogP contribution is -2.12. The van der Waals surface area contributed by atoms with Crippen molar-refractivity contribution in [2.75, 3.05) is 10.6 Å². The Balaban J connectivity index is 1.75. The number of carbonyl (C=O) groups excluding carboxylic acids is 1. The zero-order chi connectivity index (χ0) is 18.0. The molecule has 0 aliphatic rings. The molecule has 0 aliphatic heterocycles. The Bertz CT molecular complexity index is 917. The van der Waals surface area contributed by atoms with Crippen LogP contribution in [0.2, 0.25) is 5.28 Å². The minimum atomic E-state index is -0.193. The summed E-state index contributed by atoms with van der Waals surface area (Å²) in [6.45, 7) is 5.99. The van der Waals surface area contributed by atoms with E-state index >= 15 is 0 Å². The lowest BCUT2D eigenvalue weighted by molar-refractivity contribution is 0.103. The summed E-state index contributed by atoms with van der Waals surface area (Å²) in [5, 5.41) is 6.67. The van der Waals surface area contributed by atoms with Crippen molar-refractivity contribution < 1.29 is 4.79 Å². The van der Waals surface area contributed by atoms with E-state index in [9.17, 15) is 4.79 Å². The molecular weight excluding hydrogens is 358 g/mol. The summed E-state index contributed by atoms with van der Waals surface area (Å²) in [6.07, 6.45) is 3.08. The van der Waals surface area contributed by atoms with E-state index in [0.29, 0.717) is 15.8 Å². The number of benzene rings is 1. The second kappa shape index (κ2) is 7.16. The van der Waals surface area contributed by atoms with Crippen molar-refractivity contribution >= 4 is 45.5 Å². The molecule has 6 nitrogen and oxygen atoms in total. The number of thiazole rings is 1. The van der Waals surface area contributed by atoms with Crippen molar-refractivity contribution in [3.63, 3.8) is 0 Å². The number of carbonyl (C=O) groups is 1. The third kappa shape index (κ3) is 4.12. The highest BCUT2D eigenvalue weighted by atomic mass is 35.5. The Morgan fingerprint density at radius 1 is 1.16 bits per heavy atom. The van der Waals surface area contributed by atoms with Crippen LogP contribution >= 0.6 is 22.9 Å². The zero-order valence-electron chi connectivity index (χ0n) is 13.9. The first kappa shape index (κ1) is 17.3. The molecule has 3 rings (SSSR count). The maximum Gasteiger partial charge on any atom is 0.267 e. The summed E-state index contributed by atoms with van der Waals surface area (Å²) in [6, 6.07) is 5.76. The maximum absolute atomic E-state index is 12.5. The van der Waals surface area contributed by atoms with Gasteiger partial charge in [-0.25, -0.2) is 15.0 Å². The number of rotatable bonds is 4. The number of aryl methyl sites for hydroxylation is 3. The summed E-state index contributed by atoms with van der Waals surface area (Å²) >= 11 is 6.99. The Morgan fingerprint density at radius 2 is 1.88 bits per heavy atom. The molecule has 0 bridgehead atoms. The molecule has 1 amide bonds. The monoisotopic (exact) mass is 373 g/mol. The minimum absolute atomic E-state index is 0.143. The second-order valence-electron chi connectivity index (χ2n) is 5.59. The molecule has 0 atom stereocenters. The first-order valence-corrected chi connectivity index (χ1v) is 8.72. The second-order valence-corrected chi connectivity index (χ2v) is 6.96. The largest absolute Gasteiger partial charge is 0.321 e. The molecule has 0 aliphatic carbocycles. The van der Waals surface area contributed by atoms with Gasteiger partial charge in [0.1, 0.15) is 10.7 Å². The summed E-state index contributed by atoms with van der Waals surface area (Å²) in [5.74, 6) is 0.327. The van der Waals surface area contributed by atoms with Crippen LogP contribution in [0.3, 0.4) is 0 Å². The van der Waals surface area contributed by atoms with E-state index in [1.165, 1.54) is 23.1 Å². The van der Waals surface area contributed by atoms with Crippen LogP contribution in [0, 0.1) is 20.8 Å². The SMILES string of the molecule is Cc1cc(C)c(NC(=O)c2cnc(Nc3ccnc(Cl)n3)s2)c(C)c1. The Kier molecular flexibility index (Phi) is 4.96. The van der Waals surface area contributed by atoms with E-state index in [-0.39, 0.29) is 11.2 Å². The first-order chi connectivity index (χ1) is 11.9. The molecule has 0 fully saturated rings. The molecule has 0 unspecified atom stereocenters. The number of aromatic nitrogens is 3. The van der Waals surface area contributed by atoms with E-state index in [1.807, 2.05) is 32.9 Å². The van der Waals surface area contributed by atoms with Crippen molar-refractivity contribution in [2.45, 2.75) is 20.8 Å². The number of anilines is 3. The highest BCUT2D eigenvalue weighted by Gasteiger charge is 2.14. The van der Waals surface area contributed by atoms with E-state index in [4.69, 9.17) is 11.6 Å². The number of nitrogens with zero attached hydrogens (tertiary/aromatic N) is 3. The van der Waals surface area contributed by atoms with Gasteiger partial charge in [-0.05, 0) is 49.6 Å². The summed E-state index contributed by atoms with van der Waals surface area (Å²) < 4.78 is 0. The summed E-state index contributed by atoms with van der Waals surface area (Å²) in [4.78, 5) is 25.1. The van der Waals surface area contributed by atoms with Gasteiger partial charge in [-0.3, -0.25) is 4.79 Å². The quantitative estimate of drug-likeness (QED) is 0.658. The van der Waals surface area contributed by atoms with Crippen LogP contribution in [0.4, 0.5) is 16.6 Å². The zero-order valence-corrected chi connectivity index (χ0v) is 15.5. The summed E-state index contributed by atoms with van der Waals surface area (Å²) in [7, 11) is 0. The topological polar surface area (TPSA) is 79.8 Å². The molecule has 8 heteroatoms. The molecule has 0 spiro atoms. The molecule has 128 valence electrons. The summed E-state index contributed by atoms with van der Waals surface area (Å²) in [5.41, 5.74) is 4.07. The molecule has 0 radical (unpaired) electrons. The number of nitrogens with one attached hydrogen (secondary N) is 2. The minimum Gasteiger partial charge on any atom is -0.321 e. The third-order valence-corrected chi connectivity index (χ3v) is 4.60. The van der Waals surface area contributed by atoms with Gasteiger partial charge in [0.25, 0.3) is 5.91 Å². The number of halogens is 1. The van der Waals surface area contributed by atoms with Crippen LogP contribution in [0.1, 0.15) is 26.4 Å². The van der Waals surface area contributed by atoms with Crippen LogP contribution in [0.5, 0.6) is 0 Å².